The standard InChI is InChI=1S/C51H40N4.C12H12/c1-36-32-40(39-28-29-51-47(34-39)45-25-12-14-27-50(45)55(51)42-21-9-4-10-22-42)30-31-54(49-26-13-11-24-44(36)49)43-23-15-20-41(33-43)46(37-16-5-2-6-17-37)35-48(53-52)38-18-7-3-8-19-38;1-3-4-8-11(2)12-9-6-5-7-10-12/h2-35,48,53H,1,52H2;3-10H,1-2H2/b31-30-,40-32+,46-35-;8-4-. The molecule has 10 rings (SSSR count). The van der Waals surface area contributed by atoms with Crippen molar-refractivity contribution in [2.45, 2.75) is 6.04 Å². The quantitative estimate of drug-likeness (QED) is 0.0773. The van der Waals surface area contributed by atoms with E-state index in [2.05, 4.69) is 217 Å². The summed E-state index contributed by atoms with van der Waals surface area (Å²) >= 11 is 0. The average molecular weight is 865 g/mol. The number of nitrogens with zero attached hydrogens (tertiary/aromatic N) is 2. The largest absolute Gasteiger partial charge is 0.317 e. The molecule has 1 aliphatic rings. The van der Waals surface area contributed by atoms with Gasteiger partial charge in [0.25, 0.3) is 0 Å². The molecule has 8 aromatic carbocycles. The third-order valence-electron chi connectivity index (χ3n) is 12.0. The first-order chi connectivity index (χ1) is 33.0. The van der Waals surface area contributed by atoms with Crippen LogP contribution in [0.25, 0.3) is 49.8 Å². The number of allylic oxidation sites excluding steroid dienone is 8. The van der Waals surface area contributed by atoms with Gasteiger partial charge in [0.1, 0.15) is 0 Å². The highest BCUT2D eigenvalue weighted by Crippen LogP contribution is 2.40. The van der Waals surface area contributed by atoms with Crippen molar-refractivity contribution in [1.82, 2.24) is 9.99 Å². The van der Waals surface area contributed by atoms with Gasteiger partial charge in [-0.15, -0.1) is 0 Å². The summed E-state index contributed by atoms with van der Waals surface area (Å²) in [5.74, 6) is 6.17. The SMILES string of the molecule is C=C/C=C\C(=C)c1ccccc1.C=C1/C=C(c2ccc3c(c2)c2ccccc2n3-c2ccccc2)\C=C/N(c2cccc(/C(=C\C(NN)c3ccccc3)c3ccccc3)c2)c2ccccc21. The molecule has 0 saturated heterocycles. The summed E-state index contributed by atoms with van der Waals surface area (Å²) in [5.41, 5.74) is 19.4. The van der Waals surface area contributed by atoms with Gasteiger partial charge in [-0.1, -0.05) is 208 Å². The molecule has 3 N–H and O–H groups in total. The Morgan fingerprint density at radius 3 is 1.93 bits per heavy atom. The Labute approximate surface area is 394 Å². The minimum atomic E-state index is -0.183. The molecule has 0 bridgehead atoms. The van der Waals surface area contributed by atoms with Crippen molar-refractivity contribution in [3.05, 3.63) is 308 Å². The van der Waals surface area contributed by atoms with E-state index in [4.69, 9.17) is 5.84 Å². The van der Waals surface area contributed by atoms with Crippen LogP contribution in [0.1, 0.15) is 39.4 Å². The van der Waals surface area contributed by atoms with Gasteiger partial charge in [0.05, 0.1) is 22.8 Å². The highest BCUT2D eigenvalue weighted by atomic mass is 15.2. The molecular weight excluding hydrogens is 813 g/mol. The molecule has 4 heteroatoms. The lowest BCUT2D eigenvalue weighted by Gasteiger charge is -2.27. The number of hydrazine groups is 1. The monoisotopic (exact) mass is 864 g/mol. The Morgan fingerprint density at radius 2 is 1.19 bits per heavy atom. The summed E-state index contributed by atoms with van der Waals surface area (Å²) < 4.78 is 2.35. The van der Waals surface area contributed by atoms with Crippen LogP contribution in [-0.2, 0) is 0 Å². The van der Waals surface area contributed by atoms with Crippen molar-refractivity contribution in [2.75, 3.05) is 4.90 Å². The molecule has 1 aliphatic heterocycles. The number of nitrogens with one attached hydrogen (secondary N) is 1. The predicted octanol–water partition coefficient (Wildman–Crippen LogP) is 15.6. The fourth-order valence-corrected chi connectivity index (χ4v) is 8.72. The molecule has 2 heterocycles. The Morgan fingerprint density at radius 1 is 0.582 bits per heavy atom. The topological polar surface area (TPSA) is 46.2 Å². The molecule has 0 saturated carbocycles. The summed E-state index contributed by atoms with van der Waals surface area (Å²) in [6.45, 7) is 12.1. The lowest BCUT2D eigenvalue weighted by atomic mass is 9.93. The predicted molar refractivity (Wildman–Crippen MR) is 287 cm³/mol. The van der Waals surface area contributed by atoms with Crippen LogP contribution in [0.2, 0.25) is 0 Å². The second-order valence-corrected chi connectivity index (χ2v) is 16.3. The Bertz CT molecular complexity index is 3320. The van der Waals surface area contributed by atoms with Gasteiger partial charge in [0.15, 0.2) is 0 Å². The van der Waals surface area contributed by atoms with E-state index in [-0.39, 0.29) is 6.04 Å². The first-order valence-corrected chi connectivity index (χ1v) is 22.5. The Kier molecular flexibility index (Phi) is 13.4. The highest BCUT2D eigenvalue weighted by molar-refractivity contribution is 6.10. The third kappa shape index (κ3) is 9.63. The molecular formula is C63H52N4. The average Bonchev–Trinajstić information content (AvgIpc) is 3.72. The number of nitrogens with two attached hydrogens (primary N) is 1. The number of para-hydroxylation sites is 3. The lowest BCUT2D eigenvalue weighted by molar-refractivity contribution is 0.656. The molecule has 4 nitrogen and oxygen atoms in total. The van der Waals surface area contributed by atoms with Gasteiger partial charge in [-0.3, -0.25) is 5.84 Å². The van der Waals surface area contributed by atoms with E-state index in [1.807, 2.05) is 66.7 Å². The summed E-state index contributed by atoms with van der Waals surface area (Å²) in [7, 11) is 0. The van der Waals surface area contributed by atoms with Gasteiger partial charge < -0.3 is 9.47 Å². The van der Waals surface area contributed by atoms with E-state index in [1.54, 1.807) is 6.08 Å². The van der Waals surface area contributed by atoms with Crippen molar-refractivity contribution in [2.24, 2.45) is 5.84 Å². The number of anilines is 2. The second-order valence-electron chi connectivity index (χ2n) is 16.3. The first kappa shape index (κ1) is 43.7. The summed E-state index contributed by atoms with van der Waals surface area (Å²) in [4.78, 5) is 2.27. The summed E-state index contributed by atoms with van der Waals surface area (Å²) in [5, 5.41) is 2.44. The van der Waals surface area contributed by atoms with Crippen LogP contribution < -0.4 is 16.2 Å². The van der Waals surface area contributed by atoms with Crippen LogP contribution in [-0.4, -0.2) is 4.57 Å². The van der Waals surface area contributed by atoms with E-state index >= 15 is 0 Å². The van der Waals surface area contributed by atoms with Crippen molar-refractivity contribution >= 4 is 55.5 Å². The van der Waals surface area contributed by atoms with Crippen molar-refractivity contribution in [3.63, 3.8) is 0 Å². The van der Waals surface area contributed by atoms with Crippen LogP contribution >= 0.6 is 0 Å². The summed E-state index contributed by atoms with van der Waals surface area (Å²) in [6.07, 6.45) is 14.4. The van der Waals surface area contributed by atoms with Gasteiger partial charge in [-0.05, 0) is 111 Å². The van der Waals surface area contributed by atoms with Crippen LogP contribution in [0, 0.1) is 0 Å². The van der Waals surface area contributed by atoms with Crippen LogP contribution in [0.3, 0.4) is 0 Å². The van der Waals surface area contributed by atoms with E-state index in [9.17, 15) is 0 Å². The highest BCUT2D eigenvalue weighted by Gasteiger charge is 2.19. The number of aromatic nitrogens is 1. The maximum atomic E-state index is 6.17. The van der Waals surface area contributed by atoms with Gasteiger partial charge in [-0.2, -0.15) is 0 Å². The first-order valence-electron chi connectivity index (χ1n) is 22.5. The number of hydrogen-bond acceptors (Lipinski definition) is 3. The third-order valence-corrected chi connectivity index (χ3v) is 12.0. The zero-order valence-corrected chi connectivity index (χ0v) is 37.4. The van der Waals surface area contributed by atoms with Crippen LogP contribution in [0.4, 0.5) is 11.4 Å². The zero-order valence-electron chi connectivity index (χ0n) is 37.4. The minimum absolute atomic E-state index is 0.183. The maximum Gasteiger partial charge on any atom is 0.0649 e. The minimum Gasteiger partial charge on any atom is -0.317 e. The second kappa shape index (κ2) is 20.5. The van der Waals surface area contributed by atoms with Crippen LogP contribution in [0.15, 0.2) is 275 Å². The molecule has 9 aromatic rings. The zero-order chi connectivity index (χ0) is 46.0. The fourth-order valence-electron chi connectivity index (χ4n) is 8.72. The van der Waals surface area contributed by atoms with E-state index in [0.717, 1.165) is 72.7 Å². The molecule has 1 atom stereocenters. The smallest absolute Gasteiger partial charge is 0.0649 e. The van der Waals surface area contributed by atoms with Gasteiger partial charge in [0, 0.05) is 33.9 Å². The van der Waals surface area contributed by atoms with Gasteiger partial charge in [0.2, 0.25) is 0 Å². The van der Waals surface area contributed by atoms with Gasteiger partial charge >= 0.3 is 0 Å². The molecule has 67 heavy (non-hydrogen) atoms. The van der Waals surface area contributed by atoms with Gasteiger partial charge in [-0.25, -0.2) is 5.43 Å². The number of hydrogen-bond donors (Lipinski definition) is 2. The van der Waals surface area contributed by atoms with Crippen molar-refractivity contribution in [1.29, 1.82) is 0 Å². The number of benzene rings is 8. The molecule has 324 valence electrons. The number of fused-ring (bicyclic) bond motifs is 4. The molecule has 1 aromatic heterocycles. The maximum absolute atomic E-state index is 6.17. The molecule has 0 aliphatic carbocycles. The molecule has 0 amide bonds. The Balaban J connectivity index is 0.000000410. The van der Waals surface area contributed by atoms with E-state index < -0.39 is 0 Å². The molecule has 0 fully saturated rings. The van der Waals surface area contributed by atoms with E-state index in [1.165, 1.54) is 21.8 Å². The van der Waals surface area contributed by atoms with Crippen LogP contribution in [0.5, 0.6) is 0 Å². The Hall–Kier alpha value is -8.54. The van der Waals surface area contributed by atoms with Crippen molar-refractivity contribution in [3.8, 4) is 5.69 Å². The summed E-state index contributed by atoms with van der Waals surface area (Å²) in [6, 6.07) is 74.0. The molecule has 0 radical (unpaired) electrons. The normalized spacial score (nSPS) is 14.3. The fraction of sp³-hybridized carbons (Fsp3) is 0.0159. The number of rotatable bonds is 11. The molecule has 0 spiro atoms. The van der Waals surface area contributed by atoms with Crippen molar-refractivity contribution < 1.29 is 0 Å². The molecule has 1 unspecified atom stereocenters. The lowest BCUT2D eigenvalue weighted by Crippen LogP contribution is -2.26. The van der Waals surface area contributed by atoms with E-state index in [0.29, 0.717) is 0 Å².